The molecule has 0 radical (unpaired) electrons. The van der Waals surface area contributed by atoms with Gasteiger partial charge < -0.3 is 9.15 Å². The summed E-state index contributed by atoms with van der Waals surface area (Å²) in [6, 6.07) is 6.91. The molecule has 0 aliphatic carbocycles. The maximum absolute atomic E-state index is 13.2. The molecule has 2 heterocycles. The number of pyridine rings is 1. The Morgan fingerprint density at radius 1 is 1.25 bits per heavy atom. The van der Waals surface area contributed by atoms with Gasteiger partial charge in [-0.15, -0.1) is 0 Å². The van der Waals surface area contributed by atoms with Crippen molar-refractivity contribution < 1.29 is 27.1 Å². The van der Waals surface area contributed by atoms with E-state index in [0.717, 1.165) is 6.07 Å². The Labute approximate surface area is 132 Å². The van der Waals surface area contributed by atoms with Gasteiger partial charge in [0.15, 0.2) is 5.69 Å². The molecule has 0 aliphatic rings. The van der Waals surface area contributed by atoms with Crippen molar-refractivity contribution in [3.05, 3.63) is 51.8 Å². The largest absolute Gasteiger partial charge is 0.462 e. The van der Waals surface area contributed by atoms with Crippen molar-refractivity contribution in [1.82, 2.24) is 4.98 Å². The average Bonchev–Trinajstić information content (AvgIpc) is 2.53. The molecule has 0 unspecified atom stereocenters. The first kappa shape index (κ1) is 16.0. The molecule has 0 spiro atoms. The van der Waals surface area contributed by atoms with Crippen LogP contribution in [0.25, 0.3) is 22.1 Å². The molecule has 0 saturated carbocycles. The van der Waals surface area contributed by atoms with Gasteiger partial charge in [0.05, 0.1) is 22.9 Å². The molecular weight excluding hydrogens is 327 g/mol. The maximum atomic E-state index is 13.2. The van der Waals surface area contributed by atoms with Gasteiger partial charge in [-0.3, -0.25) is 4.79 Å². The summed E-state index contributed by atoms with van der Waals surface area (Å²) < 4.78 is 49.5. The second kappa shape index (κ2) is 5.63. The molecule has 0 bridgehead atoms. The second-order valence-corrected chi connectivity index (χ2v) is 4.88. The van der Waals surface area contributed by atoms with E-state index in [4.69, 9.17) is 4.42 Å². The molecule has 0 aliphatic heterocycles. The van der Waals surface area contributed by atoms with Gasteiger partial charge in [0, 0.05) is 0 Å². The van der Waals surface area contributed by atoms with E-state index < -0.39 is 34.5 Å². The molecule has 2 aromatic heterocycles. The number of rotatable bonds is 2. The summed E-state index contributed by atoms with van der Waals surface area (Å²) in [5.74, 6) is -1.20. The van der Waals surface area contributed by atoms with Gasteiger partial charge in [0.2, 0.25) is 11.1 Å². The lowest BCUT2D eigenvalue weighted by atomic mass is 10.1. The van der Waals surface area contributed by atoms with Crippen molar-refractivity contribution in [2.75, 3.05) is 6.61 Å². The summed E-state index contributed by atoms with van der Waals surface area (Å²) in [4.78, 5) is 27.7. The van der Waals surface area contributed by atoms with Crippen molar-refractivity contribution >= 4 is 28.0 Å². The quantitative estimate of drug-likeness (QED) is 0.528. The number of para-hydroxylation sites is 1. The Kier molecular flexibility index (Phi) is 3.75. The van der Waals surface area contributed by atoms with Crippen LogP contribution in [0.2, 0.25) is 0 Å². The van der Waals surface area contributed by atoms with Crippen LogP contribution in [0, 0.1) is 0 Å². The Hall–Kier alpha value is -2.90. The standard InChI is InChI=1S/C16H10F3NO4/c1-2-23-15(22)10-7-9-12(21)8-5-3-4-6-11(8)24-14(9)20-13(10)16(17,18)19/h3-7H,2H2,1H3. The summed E-state index contributed by atoms with van der Waals surface area (Å²) in [7, 11) is 0. The van der Waals surface area contributed by atoms with Gasteiger partial charge in [-0.1, -0.05) is 12.1 Å². The summed E-state index contributed by atoms with van der Waals surface area (Å²) in [6.45, 7) is 1.35. The fourth-order valence-corrected chi connectivity index (χ4v) is 2.31. The predicted molar refractivity (Wildman–Crippen MR) is 78.7 cm³/mol. The molecule has 3 rings (SSSR count). The minimum absolute atomic E-state index is 0.111. The summed E-state index contributed by atoms with van der Waals surface area (Å²) in [5.41, 5.74) is -3.22. The number of hydrogen-bond donors (Lipinski definition) is 0. The lowest BCUT2D eigenvalue weighted by Crippen LogP contribution is -2.18. The number of fused-ring (bicyclic) bond motifs is 2. The molecule has 1 aromatic carbocycles. The van der Waals surface area contributed by atoms with Crippen LogP contribution in [0.1, 0.15) is 23.0 Å². The molecule has 5 nitrogen and oxygen atoms in total. The van der Waals surface area contributed by atoms with Crippen molar-refractivity contribution in [2.24, 2.45) is 0 Å². The molecule has 8 heteroatoms. The number of carbonyl (C=O) groups is 1. The highest BCUT2D eigenvalue weighted by Crippen LogP contribution is 2.32. The number of esters is 1. The number of carbonyl (C=O) groups excluding carboxylic acids is 1. The Bertz CT molecular complexity index is 1010. The van der Waals surface area contributed by atoms with Crippen molar-refractivity contribution in [2.45, 2.75) is 13.1 Å². The van der Waals surface area contributed by atoms with Gasteiger partial charge >= 0.3 is 12.1 Å². The van der Waals surface area contributed by atoms with E-state index in [1.807, 2.05) is 0 Å². The third-order valence-corrected chi connectivity index (χ3v) is 3.33. The maximum Gasteiger partial charge on any atom is 0.434 e. The Balaban J connectivity index is 2.41. The highest BCUT2D eigenvalue weighted by molar-refractivity contribution is 5.96. The first-order valence-corrected chi connectivity index (χ1v) is 6.94. The van der Waals surface area contributed by atoms with Crippen molar-refractivity contribution in [1.29, 1.82) is 0 Å². The normalized spacial score (nSPS) is 11.8. The molecule has 124 valence electrons. The number of nitrogens with zero attached hydrogens (tertiary/aromatic N) is 1. The van der Waals surface area contributed by atoms with Crippen LogP contribution < -0.4 is 5.43 Å². The van der Waals surface area contributed by atoms with Gasteiger partial charge in [0.1, 0.15) is 5.58 Å². The first-order chi connectivity index (χ1) is 11.3. The highest BCUT2D eigenvalue weighted by atomic mass is 19.4. The molecule has 0 atom stereocenters. The Morgan fingerprint density at radius 2 is 1.96 bits per heavy atom. The summed E-state index contributed by atoms with van der Waals surface area (Å²) >= 11 is 0. The zero-order valence-corrected chi connectivity index (χ0v) is 12.3. The smallest absolute Gasteiger partial charge is 0.434 e. The van der Waals surface area contributed by atoms with E-state index >= 15 is 0 Å². The van der Waals surface area contributed by atoms with Crippen molar-refractivity contribution in [3.63, 3.8) is 0 Å². The fraction of sp³-hybridized carbons (Fsp3) is 0.188. The van der Waals surface area contributed by atoms with Crippen LogP contribution in [0.5, 0.6) is 0 Å². The average molecular weight is 337 g/mol. The molecule has 0 amide bonds. The molecule has 3 aromatic rings. The molecule has 0 saturated heterocycles. The number of halogens is 3. The van der Waals surface area contributed by atoms with E-state index in [0.29, 0.717) is 0 Å². The first-order valence-electron chi connectivity index (χ1n) is 6.94. The topological polar surface area (TPSA) is 69.4 Å². The second-order valence-electron chi connectivity index (χ2n) is 4.88. The SMILES string of the molecule is CCOC(=O)c1cc2c(=O)c3ccccc3oc2nc1C(F)(F)F. The number of benzene rings is 1. The predicted octanol–water partition coefficient (Wildman–Crippen LogP) is 3.54. The van der Waals surface area contributed by atoms with E-state index in [1.54, 1.807) is 12.1 Å². The third-order valence-electron chi connectivity index (χ3n) is 3.33. The van der Waals surface area contributed by atoms with Crippen LogP contribution in [0.4, 0.5) is 13.2 Å². The van der Waals surface area contributed by atoms with Crippen LogP contribution in [-0.2, 0) is 10.9 Å². The van der Waals surface area contributed by atoms with Crippen LogP contribution in [0.3, 0.4) is 0 Å². The lowest BCUT2D eigenvalue weighted by molar-refractivity contribution is -0.141. The minimum Gasteiger partial charge on any atom is -0.462 e. The van der Waals surface area contributed by atoms with Gasteiger partial charge in [0.25, 0.3) is 0 Å². The molecule has 24 heavy (non-hydrogen) atoms. The summed E-state index contributed by atoms with van der Waals surface area (Å²) in [6.07, 6.45) is -4.90. The fourth-order valence-electron chi connectivity index (χ4n) is 2.31. The zero-order valence-electron chi connectivity index (χ0n) is 12.3. The molecule has 0 N–H and O–H groups in total. The van der Waals surface area contributed by atoms with E-state index in [2.05, 4.69) is 9.72 Å². The van der Waals surface area contributed by atoms with E-state index in [1.165, 1.54) is 19.1 Å². The Morgan fingerprint density at radius 3 is 2.62 bits per heavy atom. The number of ether oxygens (including phenoxy) is 1. The van der Waals surface area contributed by atoms with Crippen LogP contribution >= 0.6 is 0 Å². The van der Waals surface area contributed by atoms with Crippen molar-refractivity contribution in [3.8, 4) is 0 Å². The van der Waals surface area contributed by atoms with Crippen LogP contribution in [-0.4, -0.2) is 17.6 Å². The minimum atomic E-state index is -4.90. The van der Waals surface area contributed by atoms with E-state index in [9.17, 15) is 22.8 Å². The highest BCUT2D eigenvalue weighted by Gasteiger charge is 2.39. The molecule has 0 fully saturated rings. The molecular formula is C16H10F3NO4. The number of alkyl halides is 3. The van der Waals surface area contributed by atoms with Gasteiger partial charge in [-0.25, -0.2) is 9.78 Å². The van der Waals surface area contributed by atoms with Crippen LogP contribution in [0.15, 0.2) is 39.5 Å². The summed E-state index contributed by atoms with van der Waals surface area (Å²) in [5, 5.41) is -0.0360. The van der Waals surface area contributed by atoms with Gasteiger partial charge in [-0.2, -0.15) is 13.2 Å². The van der Waals surface area contributed by atoms with Gasteiger partial charge in [-0.05, 0) is 25.1 Å². The third kappa shape index (κ3) is 2.60. The van der Waals surface area contributed by atoms with E-state index in [-0.39, 0.29) is 23.0 Å². The zero-order chi connectivity index (χ0) is 17.5. The number of hydrogen-bond acceptors (Lipinski definition) is 5. The number of aromatic nitrogens is 1. The monoisotopic (exact) mass is 337 g/mol. The lowest BCUT2D eigenvalue weighted by Gasteiger charge is -2.12.